The summed E-state index contributed by atoms with van der Waals surface area (Å²) in [5, 5.41) is 0. The first-order valence-electron chi connectivity index (χ1n) is 6.74. The molecule has 1 aromatic rings. The molecule has 0 aliphatic rings. The molecule has 1 heterocycles. The molecule has 0 bridgehead atoms. The third-order valence-electron chi connectivity index (χ3n) is 3.06. The van der Waals surface area contributed by atoms with Crippen molar-refractivity contribution in [1.29, 1.82) is 0 Å². The van der Waals surface area contributed by atoms with Crippen LogP contribution in [0.3, 0.4) is 0 Å². The van der Waals surface area contributed by atoms with Crippen LogP contribution in [0.5, 0.6) is 0 Å². The van der Waals surface area contributed by atoms with Crippen LogP contribution in [-0.4, -0.2) is 15.9 Å². The fourth-order valence-corrected chi connectivity index (χ4v) is 2.10. The molecule has 0 radical (unpaired) electrons. The number of amides is 1. The lowest BCUT2D eigenvalue weighted by Gasteiger charge is -2.10. The quantitative estimate of drug-likeness (QED) is 0.299. The second-order valence-corrected chi connectivity index (χ2v) is 4.63. The number of rotatable bonds is 7. The van der Waals surface area contributed by atoms with Gasteiger partial charge in [-0.05, 0) is 19.8 Å². The van der Waals surface area contributed by atoms with E-state index >= 15 is 0 Å². The molecule has 0 aliphatic heterocycles. The summed E-state index contributed by atoms with van der Waals surface area (Å²) >= 11 is 0. The molecule has 0 atom stereocenters. The summed E-state index contributed by atoms with van der Waals surface area (Å²) in [6, 6.07) is 0. The van der Waals surface area contributed by atoms with E-state index in [1.807, 2.05) is 0 Å². The van der Waals surface area contributed by atoms with Gasteiger partial charge in [0.25, 0.3) is 5.91 Å². The predicted octanol–water partition coefficient (Wildman–Crippen LogP) is 1.48. The molecule has 19 heavy (non-hydrogen) atoms. The molecule has 0 unspecified atom stereocenters. The van der Waals surface area contributed by atoms with Crippen molar-refractivity contribution in [2.45, 2.75) is 52.4 Å². The number of carbonyl (C=O) groups excluding carboxylic acids is 1. The predicted molar refractivity (Wildman–Crippen MR) is 75.3 cm³/mol. The summed E-state index contributed by atoms with van der Waals surface area (Å²) in [6.07, 6.45) is 6.48. The van der Waals surface area contributed by atoms with Gasteiger partial charge in [-0.2, -0.15) is 0 Å². The first kappa shape index (κ1) is 15.4. The van der Waals surface area contributed by atoms with Gasteiger partial charge in [-0.1, -0.05) is 32.6 Å². The van der Waals surface area contributed by atoms with Crippen molar-refractivity contribution < 1.29 is 4.79 Å². The van der Waals surface area contributed by atoms with Crippen molar-refractivity contribution in [1.82, 2.24) is 15.4 Å². The van der Waals surface area contributed by atoms with Crippen molar-refractivity contribution in [3.05, 3.63) is 17.0 Å². The fourth-order valence-electron chi connectivity index (χ4n) is 2.10. The number of anilines is 1. The molecule has 0 aliphatic carbocycles. The fraction of sp³-hybridized carbons (Fsp3) is 0.615. The number of hydrogen-bond donors (Lipinski definition) is 3. The van der Waals surface area contributed by atoms with Gasteiger partial charge in [0.05, 0.1) is 17.0 Å². The van der Waals surface area contributed by atoms with Gasteiger partial charge in [0.2, 0.25) is 5.95 Å². The van der Waals surface area contributed by atoms with Crippen LogP contribution >= 0.6 is 0 Å². The molecule has 0 fully saturated rings. The van der Waals surface area contributed by atoms with E-state index in [-0.39, 0.29) is 11.9 Å². The topological polar surface area (TPSA) is 107 Å². The van der Waals surface area contributed by atoms with E-state index in [1.165, 1.54) is 19.3 Å². The highest BCUT2D eigenvalue weighted by molar-refractivity contribution is 5.96. The number of aromatic nitrogens is 2. The molecule has 5 N–H and O–H groups in total. The zero-order valence-electron chi connectivity index (χ0n) is 11.7. The van der Waals surface area contributed by atoms with E-state index in [2.05, 4.69) is 22.3 Å². The first-order chi connectivity index (χ1) is 9.10. The lowest BCUT2D eigenvalue weighted by molar-refractivity contribution is 0.0951. The molecule has 0 saturated carbocycles. The maximum Gasteiger partial charge on any atom is 0.268 e. The number of nitrogen functional groups attached to an aromatic ring is 2. The Bertz CT molecular complexity index is 433. The van der Waals surface area contributed by atoms with Crippen molar-refractivity contribution in [3.63, 3.8) is 0 Å². The molecule has 6 nitrogen and oxygen atoms in total. The van der Waals surface area contributed by atoms with E-state index in [0.717, 1.165) is 19.3 Å². The van der Waals surface area contributed by atoms with Crippen molar-refractivity contribution in [2.75, 3.05) is 5.73 Å². The Balaban J connectivity index is 2.77. The molecule has 1 aromatic heterocycles. The van der Waals surface area contributed by atoms with Crippen LogP contribution in [0.25, 0.3) is 0 Å². The highest BCUT2D eigenvalue weighted by Gasteiger charge is 2.16. The Kier molecular flexibility index (Phi) is 6.21. The number of unbranched alkanes of at least 4 members (excludes halogenated alkanes) is 4. The summed E-state index contributed by atoms with van der Waals surface area (Å²) < 4.78 is 0. The van der Waals surface area contributed by atoms with Crippen LogP contribution in [0.2, 0.25) is 0 Å². The van der Waals surface area contributed by atoms with Crippen LogP contribution in [0.15, 0.2) is 0 Å². The van der Waals surface area contributed by atoms with Gasteiger partial charge in [-0.3, -0.25) is 10.2 Å². The summed E-state index contributed by atoms with van der Waals surface area (Å²) in [5.41, 5.74) is 9.47. The van der Waals surface area contributed by atoms with Gasteiger partial charge in [0.15, 0.2) is 0 Å². The van der Waals surface area contributed by atoms with Gasteiger partial charge in [-0.25, -0.2) is 15.8 Å². The third kappa shape index (κ3) is 4.48. The SMILES string of the molecule is CCCCCCCc1nc(N)nc(C)c1C(=O)NN. The standard InChI is InChI=1S/C13H23N5O/c1-3-4-5-6-7-8-10-11(12(19)18-15)9(2)16-13(14)17-10/h3-8,15H2,1-2H3,(H,18,19)(H2,14,16,17). The maximum atomic E-state index is 11.7. The normalized spacial score (nSPS) is 10.5. The van der Waals surface area contributed by atoms with E-state index < -0.39 is 0 Å². The number of hydrazine groups is 1. The van der Waals surface area contributed by atoms with Gasteiger partial charge < -0.3 is 5.73 Å². The minimum absolute atomic E-state index is 0.203. The van der Waals surface area contributed by atoms with Crippen LogP contribution in [0.1, 0.15) is 60.8 Å². The minimum atomic E-state index is -0.360. The second-order valence-electron chi connectivity index (χ2n) is 4.63. The van der Waals surface area contributed by atoms with Crippen LogP contribution in [0, 0.1) is 6.92 Å². The molecular weight excluding hydrogens is 242 g/mol. The van der Waals surface area contributed by atoms with E-state index in [1.54, 1.807) is 6.92 Å². The third-order valence-corrected chi connectivity index (χ3v) is 3.06. The minimum Gasteiger partial charge on any atom is -0.368 e. The van der Waals surface area contributed by atoms with Crippen LogP contribution < -0.4 is 17.0 Å². The lowest BCUT2D eigenvalue weighted by Crippen LogP contribution is -2.32. The maximum absolute atomic E-state index is 11.7. The zero-order chi connectivity index (χ0) is 14.3. The number of nitrogens with two attached hydrogens (primary N) is 2. The Morgan fingerprint density at radius 1 is 1.21 bits per heavy atom. The monoisotopic (exact) mass is 265 g/mol. The number of nitrogens with zero attached hydrogens (tertiary/aromatic N) is 2. The molecule has 0 spiro atoms. The number of hydrogen-bond acceptors (Lipinski definition) is 5. The summed E-state index contributed by atoms with van der Waals surface area (Å²) in [6.45, 7) is 3.92. The number of aryl methyl sites for hydroxylation is 2. The Morgan fingerprint density at radius 2 is 1.89 bits per heavy atom. The molecule has 0 aromatic carbocycles. The van der Waals surface area contributed by atoms with Crippen LogP contribution in [-0.2, 0) is 6.42 Å². The van der Waals surface area contributed by atoms with Gasteiger partial charge in [0, 0.05) is 0 Å². The van der Waals surface area contributed by atoms with Gasteiger partial charge in [-0.15, -0.1) is 0 Å². The van der Waals surface area contributed by atoms with Crippen molar-refractivity contribution in [2.24, 2.45) is 5.84 Å². The number of carbonyl (C=O) groups is 1. The highest BCUT2D eigenvalue weighted by Crippen LogP contribution is 2.15. The summed E-state index contributed by atoms with van der Waals surface area (Å²) in [5.74, 6) is 5.03. The second kappa shape index (κ2) is 7.68. The van der Waals surface area contributed by atoms with E-state index in [0.29, 0.717) is 17.0 Å². The molecule has 1 amide bonds. The largest absolute Gasteiger partial charge is 0.368 e. The van der Waals surface area contributed by atoms with Gasteiger partial charge >= 0.3 is 0 Å². The molecule has 0 saturated heterocycles. The molecule has 106 valence electrons. The zero-order valence-corrected chi connectivity index (χ0v) is 11.7. The van der Waals surface area contributed by atoms with E-state index in [9.17, 15) is 4.79 Å². The average molecular weight is 265 g/mol. The lowest BCUT2D eigenvalue weighted by atomic mass is 10.0. The summed E-state index contributed by atoms with van der Waals surface area (Å²) in [7, 11) is 0. The summed E-state index contributed by atoms with van der Waals surface area (Å²) in [4.78, 5) is 19.9. The van der Waals surface area contributed by atoms with Gasteiger partial charge in [0.1, 0.15) is 0 Å². The number of nitrogens with one attached hydrogen (secondary N) is 1. The molecule has 1 rings (SSSR count). The molecular formula is C13H23N5O. The van der Waals surface area contributed by atoms with Crippen molar-refractivity contribution in [3.8, 4) is 0 Å². The van der Waals surface area contributed by atoms with Crippen LogP contribution in [0.4, 0.5) is 5.95 Å². The Labute approximate surface area is 114 Å². The Hall–Kier alpha value is -1.69. The van der Waals surface area contributed by atoms with E-state index in [4.69, 9.17) is 11.6 Å². The molecule has 6 heteroatoms. The average Bonchev–Trinajstić information content (AvgIpc) is 2.37. The Morgan fingerprint density at radius 3 is 2.53 bits per heavy atom. The first-order valence-corrected chi connectivity index (χ1v) is 6.74. The highest BCUT2D eigenvalue weighted by atomic mass is 16.2. The smallest absolute Gasteiger partial charge is 0.268 e. The van der Waals surface area contributed by atoms with Crippen molar-refractivity contribution >= 4 is 11.9 Å².